The smallest absolute Gasteiger partial charge is 0.275 e. The molecule has 1 heterocycles. The molecule has 7 heteroatoms. The molecule has 3 aromatic rings. The normalized spacial score (nSPS) is 12.2. The first-order valence-corrected chi connectivity index (χ1v) is 8.54. The molecule has 0 unspecified atom stereocenters. The summed E-state index contributed by atoms with van der Waals surface area (Å²) in [5.74, 6) is -0.987. The monoisotopic (exact) mass is 373 g/mol. The van der Waals surface area contributed by atoms with Gasteiger partial charge in [-0.25, -0.2) is 9.07 Å². The maximum Gasteiger partial charge on any atom is 0.275 e. The van der Waals surface area contributed by atoms with Gasteiger partial charge >= 0.3 is 0 Å². The van der Waals surface area contributed by atoms with Gasteiger partial charge in [-0.3, -0.25) is 9.59 Å². The van der Waals surface area contributed by atoms with E-state index in [-0.39, 0.29) is 10.6 Å². The van der Waals surface area contributed by atoms with Crippen molar-refractivity contribution in [3.05, 3.63) is 69.4 Å². The van der Waals surface area contributed by atoms with Crippen LogP contribution in [-0.2, 0) is 4.79 Å². The number of anilines is 1. The van der Waals surface area contributed by atoms with Crippen molar-refractivity contribution in [2.45, 2.75) is 26.3 Å². The van der Waals surface area contributed by atoms with Gasteiger partial charge in [0.2, 0.25) is 5.91 Å². The zero-order valence-corrected chi connectivity index (χ0v) is 15.0. The average Bonchev–Trinajstić information content (AvgIpc) is 2.63. The third-order valence-corrected chi connectivity index (χ3v) is 4.47. The van der Waals surface area contributed by atoms with Gasteiger partial charge in [0, 0.05) is 11.1 Å². The van der Waals surface area contributed by atoms with Gasteiger partial charge in [0.25, 0.3) is 5.56 Å². The second-order valence-electron chi connectivity index (χ2n) is 5.92. The second kappa shape index (κ2) is 7.25. The minimum absolute atomic E-state index is 0.0901. The van der Waals surface area contributed by atoms with Gasteiger partial charge in [-0.05, 0) is 37.6 Å². The SMILES string of the molecule is CC[C@H](C(=O)Nc1ccc(F)c(Cl)c1)n1nc(C)c2ccccc2c1=O. The number of fused-ring (bicyclic) bond motifs is 1. The first kappa shape index (κ1) is 18.1. The van der Waals surface area contributed by atoms with Crippen molar-refractivity contribution in [2.75, 3.05) is 5.32 Å². The molecule has 0 aliphatic rings. The molecule has 1 atom stereocenters. The third-order valence-electron chi connectivity index (χ3n) is 4.18. The summed E-state index contributed by atoms with van der Waals surface area (Å²) in [5.41, 5.74) is 0.687. The Morgan fingerprint density at radius 1 is 1.27 bits per heavy atom. The first-order chi connectivity index (χ1) is 12.4. The molecule has 0 fully saturated rings. The molecule has 0 saturated heterocycles. The van der Waals surface area contributed by atoms with Crippen LogP contribution in [0.1, 0.15) is 25.1 Å². The Morgan fingerprint density at radius 3 is 2.62 bits per heavy atom. The number of halogens is 2. The number of nitrogens with zero attached hydrogens (tertiary/aromatic N) is 2. The molecular weight excluding hydrogens is 357 g/mol. The van der Waals surface area contributed by atoms with Crippen LogP contribution in [0.5, 0.6) is 0 Å². The van der Waals surface area contributed by atoms with Gasteiger partial charge < -0.3 is 5.32 Å². The largest absolute Gasteiger partial charge is 0.324 e. The summed E-state index contributed by atoms with van der Waals surface area (Å²) in [6.45, 7) is 3.59. The summed E-state index contributed by atoms with van der Waals surface area (Å²) in [6, 6.07) is 10.3. The Kier molecular flexibility index (Phi) is 5.04. The van der Waals surface area contributed by atoms with Gasteiger partial charge in [0.1, 0.15) is 11.9 Å². The van der Waals surface area contributed by atoms with E-state index < -0.39 is 17.8 Å². The summed E-state index contributed by atoms with van der Waals surface area (Å²) >= 11 is 5.75. The second-order valence-corrected chi connectivity index (χ2v) is 6.33. The molecule has 0 saturated carbocycles. The molecule has 0 radical (unpaired) electrons. The quantitative estimate of drug-likeness (QED) is 0.749. The molecule has 26 heavy (non-hydrogen) atoms. The van der Waals surface area contributed by atoms with Crippen molar-refractivity contribution in [3.63, 3.8) is 0 Å². The van der Waals surface area contributed by atoms with E-state index in [0.29, 0.717) is 23.2 Å². The maximum absolute atomic E-state index is 13.3. The van der Waals surface area contributed by atoms with Gasteiger partial charge in [-0.1, -0.05) is 36.7 Å². The Bertz CT molecular complexity index is 1050. The fraction of sp³-hybridized carbons (Fsp3) is 0.211. The standard InChI is InChI=1S/C19H17ClFN3O2/c1-3-17(18(25)22-12-8-9-16(21)15(20)10-12)24-19(26)14-7-5-4-6-13(14)11(2)23-24/h4-10,17H,3H2,1-2H3,(H,22,25)/t17-/m1/s1. The molecule has 2 aromatic carbocycles. The zero-order valence-electron chi connectivity index (χ0n) is 14.3. The number of benzene rings is 2. The molecule has 0 aliphatic carbocycles. The van der Waals surface area contributed by atoms with Crippen molar-refractivity contribution in [2.24, 2.45) is 0 Å². The van der Waals surface area contributed by atoms with E-state index in [1.165, 1.54) is 22.9 Å². The number of carbonyl (C=O) groups is 1. The first-order valence-electron chi connectivity index (χ1n) is 8.16. The molecule has 134 valence electrons. The van der Waals surface area contributed by atoms with Crippen LogP contribution in [0.15, 0.2) is 47.3 Å². The molecule has 0 aliphatic heterocycles. The van der Waals surface area contributed by atoms with E-state index in [1.54, 1.807) is 26.0 Å². The number of aromatic nitrogens is 2. The fourth-order valence-corrected chi connectivity index (χ4v) is 3.03. The topological polar surface area (TPSA) is 64.0 Å². The van der Waals surface area contributed by atoms with E-state index in [1.807, 2.05) is 12.1 Å². The summed E-state index contributed by atoms with van der Waals surface area (Å²) in [6.07, 6.45) is 0.367. The Balaban J connectivity index is 1.99. The molecule has 1 N–H and O–H groups in total. The number of rotatable bonds is 4. The molecule has 3 rings (SSSR count). The number of carbonyl (C=O) groups excluding carboxylic acids is 1. The highest BCUT2D eigenvalue weighted by Gasteiger charge is 2.23. The lowest BCUT2D eigenvalue weighted by atomic mass is 10.1. The Morgan fingerprint density at radius 2 is 1.96 bits per heavy atom. The van der Waals surface area contributed by atoms with Crippen molar-refractivity contribution in [1.82, 2.24) is 9.78 Å². The van der Waals surface area contributed by atoms with Crippen molar-refractivity contribution in [1.29, 1.82) is 0 Å². The summed E-state index contributed by atoms with van der Waals surface area (Å²) in [5, 5.41) is 8.17. The van der Waals surface area contributed by atoms with Gasteiger partial charge in [0.05, 0.1) is 16.1 Å². The minimum atomic E-state index is -0.797. The number of hydrogen-bond acceptors (Lipinski definition) is 3. The number of hydrogen-bond donors (Lipinski definition) is 1. The van der Waals surface area contributed by atoms with Crippen molar-refractivity contribution in [3.8, 4) is 0 Å². The predicted octanol–water partition coefficient (Wildman–Crippen LogP) is 4.09. The van der Waals surface area contributed by atoms with Crippen molar-refractivity contribution < 1.29 is 9.18 Å². The highest BCUT2D eigenvalue weighted by molar-refractivity contribution is 6.31. The van der Waals surface area contributed by atoms with Crippen molar-refractivity contribution >= 4 is 34.0 Å². The fourth-order valence-electron chi connectivity index (χ4n) is 2.85. The van der Waals surface area contributed by atoms with E-state index in [0.717, 1.165) is 5.39 Å². The lowest BCUT2D eigenvalue weighted by Crippen LogP contribution is -2.35. The maximum atomic E-state index is 13.3. The van der Waals surface area contributed by atoms with Gasteiger partial charge in [-0.15, -0.1) is 0 Å². The third kappa shape index (κ3) is 3.32. The number of aryl methyl sites for hydroxylation is 1. The van der Waals surface area contributed by atoms with Gasteiger partial charge in [-0.2, -0.15) is 5.10 Å². The van der Waals surface area contributed by atoms with Crippen LogP contribution >= 0.6 is 11.6 Å². The van der Waals surface area contributed by atoms with E-state index in [4.69, 9.17) is 11.6 Å². The predicted molar refractivity (Wildman–Crippen MR) is 100 cm³/mol. The molecule has 5 nitrogen and oxygen atoms in total. The number of amides is 1. The molecule has 0 bridgehead atoms. The van der Waals surface area contributed by atoms with Crippen LogP contribution in [-0.4, -0.2) is 15.7 Å². The van der Waals surface area contributed by atoms with Crippen LogP contribution in [0.3, 0.4) is 0 Å². The van der Waals surface area contributed by atoms with Crippen LogP contribution in [0.4, 0.5) is 10.1 Å². The van der Waals surface area contributed by atoms with Crippen LogP contribution in [0, 0.1) is 12.7 Å². The zero-order chi connectivity index (χ0) is 18.8. The minimum Gasteiger partial charge on any atom is -0.324 e. The lowest BCUT2D eigenvalue weighted by Gasteiger charge is -2.18. The summed E-state index contributed by atoms with van der Waals surface area (Å²) in [4.78, 5) is 25.5. The molecule has 0 spiro atoms. The lowest BCUT2D eigenvalue weighted by molar-refractivity contribution is -0.119. The van der Waals surface area contributed by atoms with Crippen LogP contribution in [0.2, 0.25) is 5.02 Å². The van der Waals surface area contributed by atoms with Crippen LogP contribution in [0.25, 0.3) is 10.8 Å². The Labute approximate surface area is 154 Å². The highest BCUT2D eigenvalue weighted by Crippen LogP contribution is 2.21. The van der Waals surface area contributed by atoms with Crippen LogP contribution < -0.4 is 10.9 Å². The Hall–Kier alpha value is -2.73. The number of nitrogens with one attached hydrogen (secondary N) is 1. The molecular formula is C19H17ClFN3O2. The average molecular weight is 374 g/mol. The molecule has 1 aromatic heterocycles. The van der Waals surface area contributed by atoms with E-state index in [2.05, 4.69) is 10.4 Å². The van der Waals surface area contributed by atoms with E-state index >= 15 is 0 Å². The summed E-state index contributed by atoms with van der Waals surface area (Å²) < 4.78 is 14.5. The summed E-state index contributed by atoms with van der Waals surface area (Å²) in [7, 11) is 0. The molecule has 1 amide bonds. The van der Waals surface area contributed by atoms with Gasteiger partial charge in [0.15, 0.2) is 0 Å². The highest BCUT2D eigenvalue weighted by atomic mass is 35.5. The van der Waals surface area contributed by atoms with E-state index in [9.17, 15) is 14.0 Å².